The lowest BCUT2D eigenvalue weighted by Crippen LogP contribution is -2.57. The van der Waals surface area contributed by atoms with E-state index in [2.05, 4.69) is 0 Å². The number of carbonyl (C=O) groups excluding carboxylic acids is 2. The van der Waals surface area contributed by atoms with Gasteiger partial charge >= 0.3 is 12.1 Å². The molecule has 0 aromatic heterocycles. The van der Waals surface area contributed by atoms with Gasteiger partial charge in [-0.05, 0) is 25.2 Å². The Morgan fingerprint density at radius 3 is 2.11 bits per heavy atom. The molecule has 104 valence electrons. The molecule has 4 amide bonds. The lowest BCUT2D eigenvalue weighted by atomic mass is 9.79. The number of hydrogen-bond acceptors (Lipinski definition) is 4. The highest BCUT2D eigenvalue weighted by molar-refractivity contribution is 5.72. The molecule has 0 radical (unpaired) electrons. The zero-order chi connectivity index (χ0) is 13.9. The van der Waals surface area contributed by atoms with Gasteiger partial charge in [-0.3, -0.25) is 10.0 Å². The lowest BCUT2D eigenvalue weighted by molar-refractivity contribution is 0.0791. The molecule has 0 aliphatic heterocycles. The molecule has 0 saturated heterocycles. The summed E-state index contributed by atoms with van der Waals surface area (Å²) in [5.74, 6) is 11.4. The van der Waals surface area contributed by atoms with Gasteiger partial charge in [-0.1, -0.05) is 13.3 Å². The Morgan fingerprint density at radius 2 is 1.67 bits per heavy atom. The summed E-state index contributed by atoms with van der Waals surface area (Å²) in [6.07, 6.45) is 2.81. The van der Waals surface area contributed by atoms with E-state index < -0.39 is 12.1 Å². The summed E-state index contributed by atoms with van der Waals surface area (Å²) in [5.41, 5.74) is 10.3. The minimum atomic E-state index is -0.646. The minimum absolute atomic E-state index is 0.106. The Labute approximate surface area is 106 Å². The van der Waals surface area contributed by atoms with E-state index in [1.165, 1.54) is 0 Å². The van der Waals surface area contributed by atoms with Crippen molar-refractivity contribution in [3.8, 4) is 0 Å². The Balaban J connectivity index is 2.70. The van der Waals surface area contributed by atoms with Crippen LogP contribution in [0.2, 0.25) is 0 Å². The number of nitrogens with two attached hydrogens (primary N) is 4. The van der Waals surface area contributed by atoms with Crippen molar-refractivity contribution in [2.75, 3.05) is 0 Å². The molecule has 8 N–H and O–H groups in total. The first-order valence-corrected chi connectivity index (χ1v) is 6.05. The molecule has 1 aliphatic rings. The van der Waals surface area contributed by atoms with Crippen LogP contribution in [0.4, 0.5) is 9.59 Å². The summed E-state index contributed by atoms with van der Waals surface area (Å²) in [5, 5.41) is 2.14. The highest BCUT2D eigenvalue weighted by atomic mass is 16.2. The van der Waals surface area contributed by atoms with Crippen LogP contribution in [0.3, 0.4) is 0 Å². The monoisotopic (exact) mass is 258 g/mol. The van der Waals surface area contributed by atoms with E-state index in [4.69, 9.17) is 23.2 Å². The lowest BCUT2D eigenvalue weighted by Gasteiger charge is -2.41. The van der Waals surface area contributed by atoms with Crippen molar-refractivity contribution in [1.82, 2.24) is 10.0 Å². The first kappa shape index (κ1) is 14.5. The van der Waals surface area contributed by atoms with Gasteiger partial charge in [0, 0.05) is 0 Å². The smallest absolute Gasteiger partial charge is 0.329 e. The zero-order valence-electron chi connectivity index (χ0n) is 10.6. The Bertz CT molecular complexity index is 323. The topological polar surface area (TPSA) is 145 Å². The number of amides is 4. The second kappa shape index (κ2) is 5.87. The van der Waals surface area contributed by atoms with Crippen LogP contribution in [0.1, 0.15) is 32.6 Å². The van der Waals surface area contributed by atoms with Gasteiger partial charge in [0.15, 0.2) is 0 Å². The van der Waals surface area contributed by atoms with Gasteiger partial charge in [0.1, 0.15) is 0 Å². The quantitative estimate of drug-likeness (QED) is 0.305. The van der Waals surface area contributed by atoms with Crippen molar-refractivity contribution in [3.05, 3.63) is 0 Å². The van der Waals surface area contributed by atoms with Crippen LogP contribution in [0, 0.1) is 5.92 Å². The van der Waals surface area contributed by atoms with Gasteiger partial charge < -0.3 is 11.5 Å². The second-order valence-electron chi connectivity index (χ2n) is 4.69. The summed E-state index contributed by atoms with van der Waals surface area (Å²) in [6, 6.07) is -1.50. The number of carbonyl (C=O) groups is 2. The van der Waals surface area contributed by atoms with Gasteiger partial charge in [0.05, 0.1) is 12.1 Å². The van der Waals surface area contributed by atoms with Gasteiger partial charge in [-0.15, -0.1) is 0 Å². The van der Waals surface area contributed by atoms with E-state index in [0.29, 0.717) is 19.3 Å². The third kappa shape index (κ3) is 3.02. The van der Waals surface area contributed by atoms with Crippen LogP contribution in [0.5, 0.6) is 0 Å². The molecule has 0 spiro atoms. The molecule has 0 heterocycles. The molecule has 1 aliphatic carbocycles. The van der Waals surface area contributed by atoms with Gasteiger partial charge in [0.25, 0.3) is 0 Å². The van der Waals surface area contributed by atoms with Crippen molar-refractivity contribution in [3.63, 3.8) is 0 Å². The molecule has 3 unspecified atom stereocenters. The molecule has 3 atom stereocenters. The highest BCUT2D eigenvalue weighted by Gasteiger charge is 2.36. The third-order valence-corrected chi connectivity index (χ3v) is 3.70. The molecule has 1 rings (SSSR count). The van der Waals surface area contributed by atoms with Crippen molar-refractivity contribution in [2.45, 2.75) is 44.7 Å². The van der Waals surface area contributed by atoms with E-state index >= 15 is 0 Å². The average molecular weight is 258 g/mol. The van der Waals surface area contributed by atoms with Gasteiger partial charge in [-0.25, -0.2) is 21.3 Å². The van der Waals surface area contributed by atoms with E-state index in [1.54, 1.807) is 0 Å². The molecule has 8 nitrogen and oxygen atoms in total. The molecule has 0 aromatic rings. The van der Waals surface area contributed by atoms with Crippen LogP contribution in [0.15, 0.2) is 0 Å². The highest BCUT2D eigenvalue weighted by Crippen LogP contribution is 2.31. The number of nitrogens with zero attached hydrogens (tertiary/aromatic N) is 2. The Morgan fingerprint density at radius 1 is 1.11 bits per heavy atom. The molecule has 0 bridgehead atoms. The van der Waals surface area contributed by atoms with Crippen LogP contribution in [-0.4, -0.2) is 34.2 Å². The maximum Gasteiger partial charge on any atom is 0.329 e. The summed E-state index contributed by atoms with van der Waals surface area (Å²) in [4.78, 5) is 22.1. The first-order chi connectivity index (χ1) is 8.38. The van der Waals surface area contributed by atoms with Crippen LogP contribution in [0.25, 0.3) is 0 Å². The predicted octanol–water partition coefficient (Wildman–Crippen LogP) is -0.557. The Hall–Kier alpha value is -1.54. The normalized spacial score (nSPS) is 27.6. The van der Waals surface area contributed by atoms with E-state index in [9.17, 15) is 9.59 Å². The number of hydrogen-bond donors (Lipinski definition) is 4. The molecular weight excluding hydrogens is 236 g/mol. The van der Waals surface area contributed by atoms with Crippen molar-refractivity contribution < 1.29 is 9.59 Å². The maximum atomic E-state index is 11.1. The summed E-state index contributed by atoms with van der Waals surface area (Å²) < 4.78 is 0. The fourth-order valence-electron chi connectivity index (χ4n) is 2.62. The van der Waals surface area contributed by atoms with Crippen LogP contribution in [-0.2, 0) is 0 Å². The van der Waals surface area contributed by atoms with Crippen LogP contribution >= 0.6 is 0 Å². The van der Waals surface area contributed by atoms with Gasteiger partial charge in [0.2, 0.25) is 0 Å². The molecule has 0 aromatic carbocycles. The largest absolute Gasteiger partial charge is 0.350 e. The molecular formula is C10H22N6O2. The summed E-state index contributed by atoms with van der Waals surface area (Å²) in [6.45, 7) is 2.00. The zero-order valence-corrected chi connectivity index (χ0v) is 10.6. The molecule has 8 heteroatoms. The fourth-order valence-corrected chi connectivity index (χ4v) is 2.62. The van der Waals surface area contributed by atoms with Crippen molar-refractivity contribution in [1.29, 1.82) is 0 Å². The number of urea groups is 2. The first-order valence-electron chi connectivity index (χ1n) is 6.05. The number of primary amides is 2. The molecule has 1 fully saturated rings. The standard InChI is InChI=1S/C10H22N6O2/c1-2-6-5-7(15(13)9(11)17)3-4-8(6)16(14)10(12)18/h6-8H,2-5,13-14H2,1H3,(H2,11,17)(H2,12,18). The van der Waals surface area contributed by atoms with Gasteiger partial charge in [-0.2, -0.15) is 0 Å². The predicted molar refractivity (Wildman–Crippen MR) is 66.4 cm³/mol. The molecule has 18 heavy (non-hydrogen) atoms. The fraction of sp³-hybridized carbons (Fsp3) is 0.800. The van der Waals surface area contributed by atoms with Crippen LogP contribution < -0.4 is 23.2 Å². The number of hydrazine groups is 2. The average Bonchev–Trinajstić information content (AvgIpc) is 2.35. The summed E-state index contributed by atoms with van der Waals surface area (Å²) >= 11 is 0. The minimum Gasteiger partial charge on any atom is -0.350 e. The SMILES string of the molecule is CCC1CC(N(N)C(N)=O)CCC1N(N)C(N)=O. The number of rotatable bonds is 3. The maximum absolute atomic E-state index is 11.1. The Kier molecular flexibility index (Phi) is 4.74. The van der Waals surface area contributed by atoms with Crippen molar-refractivity contribution in [2.24, 2.45) is 29.1 Å². The van der Waals surface area contributed by atoms with E-state index in [0.717, 1.165) is 16.4 Å². The second-order valence-corrected chi connectivity index (χ2v) is 4.69. The van der Waals surface area contributed by atoms with Crippen molar-refractivity contribution >= 4 is 12.1 Å². The molecule has 1 saturated carbocycles. The van der Waals surface area contributed by atoms with E-state index in [1.807, 2.05) is 6.92 Å². The van der Waals surface area contributed by atoms with E-state index in [-0.39, 0.29) is 18.0 Å². The summed E-state index contributed by atoms with van der Waals surface area (Å²) in [7, 11) is 0. The third-order valence-electron chi connectivity index (χ3n) is 3.70.